The number of thiazole rings is 1. The van der Waals surface area contributed by atoms with Crippen LogP contribution in [0.5, 0.6) is 0 Å². The molecule has 0 saturated heterocycles. The van der Waals surface area contributed by atoms with Gasteiger partial charge in [-0.05, 0) is 35.2 Å². The number of rotatable bonds is 6. The smallest absolute Gasteiger partial charge is 0.263 e. The number of aromatic nitrogens is 2. The summed E-state index contributed by atoms with van der Waals surface area (Å²) in [5.41, 5.74) is 7.14. The fraction of sp³-hybridized carbons (Fsp3) is 0.0526. The molecular formula is C19H16N4O3S2. The number of primary amides is 1. The fourth-order valence-electron chi connectivity index (χ4n) is 3.07. The summed E-state index contributed by atoms with van der Waals surface area (Å²) in [6.45, 7) is 0. The maximum Gasteiger partial charge on any atom is 0.263 e. The SMILES string of the molecule is NC(=O)C(c1ccc(S(=O)(=O)Nc2nccs2)cc1)n1ccc2ccccc21. The second-order valence-electron chi connectivity index (χ2n) is 6.10. The van der Waals surface area contributed by atoms with Gasteiger partial charge in [-0.1, -0.05) is 30.3 Å². The van der Waals surface area contributed by atoms with E-state index < -0.39 is 22.0 Å². The van der Waals surface area contributed by atoms with Gasteiger partial charge in [0, 0.05) is 23.3 Å². The zero-order valence-electron chi connectivity index (χ0n) is 14.5. The van der Waals surface area contributed by atoms with Crippen LogP contribution in [-0.4, -0.2) is 23.9 Å². The molecule has 0 aliphatic rings. The van der Waals surface area contributed by atoms with E-state index >= 15 is 0 Å². The Morgan fingerprint density at radius 2 is 1.86 bits per heavy atom. The number of fused-ring (bicyclic) bond motifs is 1. The van der Waals surface area contributed by atoms with Crippen LogP contribution in [0.2, 0.25) is 0 Å². The van der Waals surface area contributed by atoms with Gasteiger partial charge in [0.25, 0.3) is 10.0 Å². The van der Waals surface area contributed by atoms with Gasteiger partial charge in [0.05, 0.1) is 4.90 Å². The van der Waals surface area contributed by atoms with Gasteiger partial charge in [-0.2, -0.15) is 0 Å². The molecule has 0 radical (unpaired) electrons. The molecule has 0 bridgehead atoms. The van der Waals surface area contributed by atoms with Crippen molar-refractivity contribution in [1.29, 1.82) is 0 Å². The summed E-state index contributed by atoms with van der Waals surface area (Å²) in [5, 5.41) is 2.96. The zero-order valence-corrected chi connectivity index (χ0v) is 16.2. The number of nitrogens with two attached hydrogens (primary N) is 1. The summed E-state index contributed by atoms with van der Waals surface area (Å²) in [6, 6.07) is 14.9. The first-order chi connectivity index (χ1) is 13.5. The molecule has 1 unspecified atom stereocenters. The third-order valence-corrected chi connectivity index (χ3v) is 6.51. The molecule has 0 spiro atoms. The molecule has 28 heavy (non-hydrogen) atoms. The molecule has 7 nitrogen and oxygen atoms in total. The Morgan fingerprint density at radius 1 is 1.11 bits per heavy atom. The maximum atomic E-state index is 12.5. The van der Waals surface area contributed by atoms with Gasteiger partial charge in [0.15, 0.2) is 5.13 Å². The van der Waals surface area contributed by atoms with Crippen molar-refractivity contribution >= 4 is 43.3 Å². The first-order valence-electron chi connectivity index (χ1n) is 8.33. The molecule has 0 aliphatic heterocycles. The highest BCUT2D eigenvalue weighted by atomic mass is 32.2. The van der Waals surface area contributed by atoms with Crippen molar-refractivity contribution in [2.75, 3.05) is 4.72 Å². The Kier molecular flexibility index (Phi) is 4.62. The van der Waals surface area contributed by atoms with Crippen molar-refractivity contribution in [3.05, 3.63) is 77.9 Å². The van der Waals surface area contributed by atoms with Gasteiger partial charge in [0.1, 0.15) is 6.04 Å². The largest absolute Gasteiger partial charge is 0.368 e. The Hall–Kier alpha value is -3.17. The lowest BCUT2D eigenvalue weighted by Gasteiger charge is -2.18. The number of sulfonamides is 1. The lowest BCUT2D eigenvalue weighted by atomic mass is 10.1. The summed E-state index contributed by atoms with van der Waals surface area (Å²) in [5.74, 6) is -0.530. The minimum absolute atomic E-state index is 0.0760. The molecule has 0 aliphatic carbocycles. The second kappa shape index (κ2) is 7.10. The molecule has 2 aromatic carbocycles. The topological polar surface area (TPSA) is 107 Å². The number of amides is 1. The maximum absolute atomic E-state index is 12.5. The van der Waals surface area contributed by atoms with Crippen molar-refractivity contribution in [3.8, 4) is 0 Å². The molecular weight excluding hydrogens is 396 g/mol. The van der Waals surface area contributed by atoms with Crippen LogP contribution >= 0.6 is 11.3 Å². The van der Waals surface area contributed by atoms with E-state index in [0.717, 1.165) is 10.9 Å². The number of benzene rings is 2. The third-order valence-electron chi connectivity index (χ3n) is 4.34. The van der Waals surface area contributed by atoms with E-state index in [1.807, 2.05) is 30.3 Å². The van der Waals surface area contributed by atoms with Gasteiger partial charge in [0.2, 0.25) is 5.91 Å². The van der Waals surface area contributed by atoms with E-state index in [-0.39, 0.29) is 10.0 Å². The number of nitrogens with one attached hydrogen (secondary N) is 1. The number of hydrogen-bond acceptors (Lipinski definition) is 5. The lowest BCUT2D eigenvalue weighted by molar-refractivity contribution is -0.120. The molecule has 2 aromatic heterocycles. The average molecular weight is 412 g/mol. The number of anilines is 1. The molecule has 1 amide bonds. The number of hydrogen-bond donors (Lipinski definition) is 2. The van der Waals surface area contributed by atoms with Crippen LogP contribution in [0.15, 0.2) is 77.3 Å². The highest BCUT2D eigenvalue weighted by Crippen LogP contribution is 2.26. The number of carbonyl (C=O) groups is 1. The lowest BCUT2D eigenvalue weighted by Crippen LogP contribution is -2.27. The van der Waals surface area contributed by atoms with Gasteiger partial charge in [-0.3, -0.25) is 9.52 Å². The summed E-state index contributed by atoms with van der Waals surface area (Å²) in [7, 11) is -3.76. The van der Waals surface area contributed by atoms with Crippen molar-refractivity contribution in [2.45, 2.75) is 10.9 Å². The van der Waals surface area contributed by atoms with Crippen LogP contribution in [-0.2, 0) is 14.8 Å². The highest BCUT2D eigenvalue weighted by molar-refractivity contribution is 7.93. The van der Waals surface area contributed by atoms with E-state index in [9.17, 15) is 13.2 Å². The predicted octanol–water partition coefficient (Wildman–Crippen LogP) is 2.97. The number of para-hydroxylation sites is 1. The van der Waals surface area contributed by atoms with Crippen molar-refractivity contribution in [1.82, 2.24) is 9.55 Å². The summed E-state index contributed by atoms with van der Waals surface area (Å²) in [4.78, 5) is 16.2. The van der Waals surface area contributed by atoms with Crippen LogP contribution in [0.4, 0.5) is 5.13 Å². The summed E-state index contributed by atoms with van der Waals surface area (Å²) >= 11 is 1.19. The fourth-order valence-corrected chi connectivity index (χ4v) is 4.86. The summed E-state index contributed by atoms with van der Waals surface area (Å²) in [6.07, 6.45) is 3.32. The first kappa shape index (κ1) is 18.2. The Bertz CT molecular complexity index is 1230. The molecule has 9 heteroatoms. The van der Waals surface area contributed by atoms with Crippen LogP contribution < -0.4 is 10.5 Å². The molecule has 0 fully saturated rings. The number of carbonyl (C=O) groups excluding carboxylic acids is 1. The third kappa shape index (κ3) is 3.37. The standard InChI is InChI=1S/C19H16N4O3S2/c20-18(24)17(23-11-9-13-3-1-2-4-16(13)23)14-5-7-15(8-6-14)28(25,26)22-19-21-10-12-27-19/h1-12,17H,(H2,20,24)(H,21,22). The average Bonchev–Trinajstić information content (AvgIpc) is 3.32. The molecule has 142 valence electrons. The summed E-state index contributed by atoms with van der Waals surface area (Å²) < 4.78 is 29.2. The minimum atomic E-state index is -3.76. The van der Waals surface area contributed by atoms with Gasteiger partial charge in [-0.15, -0.1) is 11.3 Å². The molecule has 2 heterocycles. The first-order valence-corrected chi connectivity index (χ1v) is 10.7. The molecule has 4 aromatic rings. The molecule has 0 saturated carbocycles. The Labute approximate surface area is 165 Å². The molecule has 1 atom stereocenters. The normalized spacial score (nSPS) is 12.7. The van der Waals surface area contributed by atoms with E-state index in [1.165, 1.54) is 29.7 Å². The van der Waals surface area contributed by atoms with E-state index in [2.05, 4.69) is 9.71 Å². The molecule has 3 N–H and O–H groups in total. The monoisotopic (exact) mass is 412 g/mol. The van der Waals surface area contributed by atoms with E-state index in [0.29, 0.717) is 5.56 Å². The highest BCUT2D eigenvalue weighted by Gasteiger charge is 2.22. The predicted molar refractivity (Wildman–Crippen MR) is 109 cm³/mol. The van der Waals surface area contributed by atoms with Gasteiger partial charge >= 0.3 is 0 Å². The quantitative estimate of drug-likeness (QED) is 0.508. The van der Waals surface area contributed by atoms with Crippen LogP contribution in [0.25, 0.3) is 10.9 Å². The Balaban J connectivity index is 1.69. The van der Waals surface area contributed by atoms with Crippen LogP contribution in [0, 0.1) is 0 Å². The minimum Gasteiger partial charge on any atom is -0.368 e. The Morgan fingerprint density at radius 3 is 2.54 bits per heavy atom. The van der Waals surface area contributed by atoms with Gasteiger partial charge in [-0.25, -0.2) is 13.4 Å². The van der Waals surface area contributed by atoms with E-state index in [4.69, 9.17) is 5.73 Å². The molecule has 4 rings (SSSR count). The zero-order chi connectivity index (χ0) is 19.7. The van der Waals surface area contributed by atoms with Gasteiger partial charge < -0.3 is 10.3 Å². The van der Waals surface area contributed by atoms with Crippen LogP contribution in [0.1, 0.15) is 11.6 Å². The van der Waals surface area contributed by atoms with Crippen molar-refractivity contribution < 1.29 is 13.2 Å². The van der Waals surface area contributed by atoms with Crippen LogP contribution in [0.3, 0.4) is 0 Å². The van der Waals surface area contributed by atoms with E-state index in [1.54, 1.807) is 28.3 Å². The van der Waals surface area contributed by atoms with Crippen molar-refractivity contribution in [3.63, 3.8) is 0 Å². The number of nitrogens with zero attached hydrogens (tertiary/aromatic N) is 2. The second-order valence-corrected chi connectivity index (χ2v) is 8.68. The van der Waals surface area contributed by atoms with Crippen molar-refractivity contribution in [2.24, 2.45) is 5.73 Å².